The number of rotatable bonds is 7. The molecule has 4 rings (SSSR count). The summed E-state index contributed by atoms with van der Waals surface area (Å²) >= 11 is 0. The molecule has 3 heterocycles. The van der Waals surface area contributed by atoms with Crippen LogP contribution in [0, 0.1) is 0 Å². The monoisotopic (exact) mass is 373 g/mol. The Hall–Kier alpha value is -1.14. The van der Waals surface area contributed by atoms with Crippen LogP contribution >= 0.6 is 0 Å². The first-order valence-corrected chi connectivity index (χ1v) is 10.8. The Balaban J connectivity index is 1.20. The van der Waals surface area contributed by atoms with E-state index in [-0.39, 0.29) is 6.10 Å². The van der Waals surface area contributed by atoms with Gasteiger partial charge in [-0.05, 0) is 49.9 Å². The highest BCUT2D eigenvalue weighted by Gasteiger charge is 2.39. The molecule has 3 aliphatic rings. The van der Waals surface area contributed by atoms with Crippen LogP contribution in [0.15, 0.2) is 24.3 Å². The third-order valence-corrected chi connectivity index (χ3v) is 6.74. The number of hydrogen-bond acceptors (Lipinski definition) is 5. The quantitative estimate of drug-likeness (QED) is 0.793. The summed E-state index contributed by atoms with van der Waals surface area (Å²) in [6.07, 6.45) is 4.30. The van der Waals surface area contributed by atoms with E-state index in [1.165, 1.54) is 31.5 Å². The molecule has 1 N–H and O–H groups in total. The van der Waals surface area contributed by atoms with Crippen LogP contribution in [-0.2, 0) is 6.54 Å². The Morgan fingerprint density at radius 1 is 0.963 bits per heavy atom. The maximum Gasteiger partial charge on any atom is 0.119 e. The number of ether oxygens (including phenoxy) is 1. The van der Waals surface area contributed by atoms with Crippen LogP contribution in [0.4, 0.5) is 0 Å². The normalized spacial score (nSPS) is 29.9. The molecule has 5 heteroatoms. The molecular weight excluding hydrogens is 338 g/mol. The maximum absolute atomic E-state index is 9.96. The van der Waals surface area contributed by atoms with Crippen molar-refractivity contribution in [3.05, 3.63) is 29.8 Å². The molecule has 2 bridgehead atoms. The third kappa shape index (κ3) is 4.83. The fourth-order valence-electron chi connectivity index (χ4n) is 5.03. The predicted molar refractivity (Wildman–Crippen MR) is 108 cm³/mol. The molecular formula is C22H35N3O2. The fraction of sp³-hybridized carbons (Fsp3) is 0.727. The SMILES string of the molecule is CCN1CCN(CCOc2ccc(CN3[C@@H]4CC[C@H]3CC(O)C4)cc2)CC1. The summed E-state index contributed by atoms with van der Waals surface area (Å²) in [6.45, 7) is 10.9. The second-order valence-electron chi connectivity index (χ2n) is 8.45. The van der Waals surface area contributed by atoms with E-state index in [2.05, 4.69) is 45.9 Å². The van der Waals surface area contributed by atoms with Crippen molar-refractivity contribution in [2.24, 2.45) is 0 Å². The molecule has 3 fully saturated rings. The van der Waals surface area contributed by atoms with Crippen molar-refractivity contribution in [2.75, 3.05) is 45.9 Å². The van der Waals surface area contributed by atoms with Crippen LogP contribution in [0.1, 0.15) is 38.2 Å². The van der Waals surface area contributed by atoms with E-state index in [0.717, 1.165) is 57.9 Å². The van der Waals surface area contributed by atoms with E-state index in [9.17, 15) is 5.11 Å². The van der Waals surface area contributed by atoms with Crippen LogP contribution in [-0.4, -0.2) is 83.9 Å². The van der Waals surface area contributed by atoms with Gasteiger partial charge >= 0.3 is 0 Å². The summed E-state index contributed by atoms with van der Waals surface area (Å²) in [7, 11) is 0. The van der Waals surface area contributed by atoms with E-state index in [1.54, 1.807) is 0 Å². The van der Waals surface area contributed by atoms with Crippen molar-refractivity contribution in [1.29, 1.82) is 0 Å². The van der Waals surface area contributed by atoms with Crippen LogP contribution in [0.3, 0.4) is 0 Å². The van der Waals surface area contributed by atoms with Gasteiger partial charge < -0.3 is 14.7 Å². The molecule has 3 atom stereocenters. The Morgan fingerprint density at radius 2 is 1.59 bits per heavy atom. The first kappa shape index (κ1) is 19.2. The predicted octanol–water partition coefficient (Wildman–Crippen LogP) is 2.19. The van der Waals surface area contributed by atoms with E-state index < -0.39 is 0 Å². The Morgan fingerprint density at radius 3 is 2.22 bits per heavy atom. The van der Waals surface area contributed by atoms with Gasteiger partial charge in [-0.25, -0.2) is 0 Å². The van der Waals surface area contributed by atoms with Crippen molar-refractivity contribution >= 4 is 0 Å². The number of aliphatic hydroxyl groups is 1. The van der Waals surface area contributed by atoms with Gasteiger partial charge in [0.25, 0.3) is 0 Å². The van der Waals surface area contributed by atoms with Gasteiger partial charge in [0.2, 0.25) is 0 Å². The van der Waals surface area contributed by atoms with Crippen molar-refractivity contribution in [3.63, 3.8) is 0 Å². The van der Waals surface area contributed by atoms with Gasteiger partial charge in [0.1, 0.15) is 12.4 Å². The summed E-state index contributed by atoms with van der Waals surface area (Å²) in [4.78, 5) is 7.62. The van der Waals surface area contributed by atoms with Gasteiger partial charge in [0, 0.05) is 51.4 Å². The number of piperidine rings is 1. The lowest BCUT2D eigenvalue weighted by molar-refractivity contribution is 0.0310. The summed E-state index contributed by atoms with van der Waals surface area (Å²) < 4.78 is 5.97. The number of piperazine rings is 1. The highest BCUT2D eigenvalue weighted by Crippen LogP contribution is 2.36. The van der Waals surface area contributed by atoms with Crippen LogP contribution < -0.4 is 4.74 Å². The molecule has 150 valence electrons. The molecule has 1 aromatic rings. The smallest absolute Gasteiger partial charge is 0.119 e. The number of fused-ring (bicyclic) bond motifs is 2. The van der Waals surface area contributed by atoms with E-state index in [1.807, 2.05) is 0 Å². The van der Waals surface area contributed by atoms with E-state index in [0.29, 0.717) is 12.1 Å². The Kier molecular flexibility index (Phi) is 6.33. The number of hydrogen-bond donors (Lipinski definition) is 1. The number of benzene rings is 1. The lowest BCUT2D eigenvalue weighted by Crippen LogP contribution is -2.47. The van der Waals surface area contributed by atoms with Gasteiger partial charge in [0.05, 0.1) is 6.10 Å². The zero-order valence-corrected chi connectivity index (χ0v) is 16.7. The zero-order chi connectivity index (χ0) is 18.6. The summed E-state index contributed by atoms with van der Waals surface area (Å²) in [5.74, 6) is 0.975. The second kappa shape index (κ2) is 8.91. The standard InChI is InChI=1S/C22H35N3O2/c1-2-23-9-11-24(12-10-23)13-14-27-22-7-3-18(4-8-22)17-25-19-5-6-20(25)16-21(26)15-19/h3-4,7-8,19-21,26H,2,5-6,9-17H2,1H3/t19-,20+,21?. The van der Waals surface area contributed by atoms with Crippen molar-refractivity contribution in [3.8, 4) is 5.75 Å². The van der Waals surface area contributed by atoms with Gasteiger partial charge in [-0.2, -0.15) is 0 Å². The van der Waals surface area contributed by atoms with E-state index in [4.69, 9.17) is 4.74 Å². The van der Waals surface area contributed by atoms with Gasteiger partial charge in [0.15, 0.2) is 0 Å². The minimum Gasteiger partial charge on any atom is -0.492 e. The molecule has 27 heavy (non-hydrogen) atoms. The average molecular weight is 374 g/mol. The number of nitrogens with zero attached hydrogens (tertiary/aromatic N) is 3. The van der Waals surface area contributed by atoms with Crippen LogP contribution in [0.25, 0.3) is 0 Å². The number of aliphatic hydroxyl groups excluding tert-OH is 1. The topological polar surface area (TPSA) is 39.2 Å². The molecule has 0 saturated carbocycles. The average Bonchev–Trinajstić information content (AvgIpc) is 2.93. The minimum atomic E-state index is -0.0838. The summed E-state index contributed by atoms with van der Waals surface area (Å²) in [5, 5.41) is 9.96. The Labute approximate surface area is 163 Å². The largest absolute Gasteiger partial charge is 0.492 e. The van der Waals surface area contributed by atoms with Gasteiger partial charge in [-0.1, -0.05) is 19.1 Å². The molecule has 5 nitrogen and oxygen atoms in total. The van der Waals surface area contributed by atoms with Gasteiger partial charge in [-0.15, -0.1) is 0 Å². The number of likely N-dealkylation sites (N-methyl/N-ethyl adjacent to an activating group) is 1. The fourth-order valence-corrected chi connectivity index (χ4v) is 5.03. The zero-order valence-electron chi connectivity index (χ0n) is 16.7. The maximum atomic E-state index is 9.96. The molecule has 3 saturated heterocycles. The van der Waals surface area contributed by atoms with Gasteiger partial charge in [-0.3, -0.25) is 9.80 Å². The molecule has 1 aromatic carbocycles. The first-order chi connectivity index (χ1) is 13.2. The third-order valence-electron chi connectivity index (χ3n) is 6.74. The lowest BCUT2D eigenvalue weighted by atomic mass is 9.99. The van der Waals surface area contributed by atoms with Crippen molar-refractivity contribution < 1.29 is 9.84 Å². The first-order valence-electron chi connectivity index (χ1n) is 10.8. The highest BCUT2D eigenvalue weighted by atomic mass is 16.5. The minimum absolute atomic E-state index is 0.0838. The van der Waals surface area contributed by atoms with Crippen LogP contribution in [0.5, 0.6) is 5.75 Å². The second-order valence-corrected chi connectivity index (χ2v) is 8.45. The van der Waals surface area contributed by atoms with Crippen molar-refractivity contribution in [1.82, 2.24) is 14.7 Å². The molecule has 3 aliphatic heterocycles. The molecule has 0 spiro atoms. The highest BCUT2D eigenvalue weighted by molar-refractivity contribution is 5.27. The summed E-state index contributed by atoms with van der Waals surface area (Å²) in [5.41, 5.74) is 1.35. The molecule has 0 aromatic heterocycles. The molecule has 1 unspecified atom stereocenters. The Bertz CT molecular complexity index is 572. The van der Waals surface area contributed by atoms with Crippen molar-refractivity contribution in [2.45, 2.75) is 57.3 Å². The molecule has 0 amide bonds. The van der Waals surface area contributed by atoms with E-state index >= 15 is 0 Å². The summed E-state index contributed by atoms with van der Waals surface area (Å²) in [6, 6.07) is 9.79. The van der Waals surface area contributed by atoms with Crippen LogP contribution in [0.2, 0.25) is 0 Å². The lowest BCUT2D eigenvalue weighted by Gasteiger charge is -2.37. The molecule has 0 radical (unpaired) electrons. The molecule has 0 aliphatic carbocycles.